The molecule has 1 aromatic carbocycles. The Labute approximate surface area is 110 Å². The van der Waals surface area contributed by atoms with Gasteiger partial charge in [0, 0.05) is 18.7 Å². The summed E-state index contributed by atoms with van der Waals surface area (Å²) in [6.07, 6.45) is 2.99. The summed E-state index contributed by atoms with van der Waals surface area (Å²) in [5.41, 5.74) is 7.45. The SMILES string of the molecule is CCCCN(CC)C(=O)c1cccc(CCN)c1. The number of hydrogen-bond donors (Lipinski definition) is 1. The van der Waals surface area contributed by atoms with Crippen molar-refractivity contribution in [1.82, 2.24) is 4.90 Å². The van der Waals surface area contributed by atoms with E-state index in [-0.39, 0.29) is 5.91 Å². The largest absolute Gasteiger partial charge is 0.339 e. The summed E-state index contributed by atoms with van der Waals surface area (Å²) < 4.78 is 0. The van der Waals surface area contributed by atoms with Crippen LogP contribution in [-0.2, 0) is 6.42 Å². The highest BCUT2D eigenvalue weighted by atomic mass is 16.2. The first kappa shape index (κ1) is 14.7. The van der Waals surface area contributed by atoms with E-state index in [1.165, 1.54) is 0 Å². The normalized spacial score (nSPS) is 10.4. The van der Waals surface area contributed by atoms with Crippen molar-refractivity contribution in [1.29, 1.82) is 0 Å². The maximum atomic E-state index is 12.3. The molecule has 0 saturated heterocycles. The lowest BCUT2D eigenvalue weighted by Gasteiger charge is -2.21. The molecule has 0 aliphatic rings. The second-order valence-electron chi connectivity index (χ2n) is 4.48. The van der Waals surface area contributed by atoms with Gasteiger partial charge in [0.25, 0.3) is 5.91 Å². The molecule has 0 bridgehead atoms. The van der Waals surface area contributed by atoms with Crippen molar-refractivity contribution in [2.75, 3.05) is 19.6 Å². The molecule has 3 nitrogen and oxygen atoms in total. The van der Waals surface area contributed by atoms with E-state index < -0.39 is 0 Å². The number of rotatable bonds is 7. The molecule has 0 aliphatic heterocycles. The lowest BCUT2D eigenvalue weighted by Crippen LogP contribution is -2.31. The molecular weight excluding hydrogens is 224 g/mol. The molecule has 0 unspecified atom stereocenters. The van der Waals surface area contributed by atoms with Crippen LogP contribution in [0.5, 0.6) is 0 Å². The van der Waals surface area contributed by atoms with Gasteiger partial charge in [0.05, 0.1) is 0 Å². The highest BCUT2D eigenvalue weighted by Crippen LogP contribution is 2.10. The number of carbonyl (C=O) groups excluding carboxylic acids is 1. The molecule has 0 saturated carbocycles. The molecular formula is C15H24N2O. The topological polar surface area (TPSA) is 46.3 Å². The summed E-state index contributed by atoms with van der Waals surface area (Å²) in [5.74, 6) is 0.129. The number of carbonyl (C=O) groups is 1. The summed E-state index contributed by atoms with van der Waals surface area (Å²) >= 11 is 0. The average molecular weight is 248 g/mol. The zero-order valence-electron chi connectivity index (χ0n) is 11.5. The summed E-state index contributed by atoms with van der Waals surface area (Å²) in [5, 5.41) is 0. The number of nitrogens with zero attached hydrogens (tertiary/aromatic N) is 1. The third-order valence-corrected chi connectivity index (χ3v) is 3.06. The van der Waals surface area contributed by atoms with Crippen molar-refractivity contribution < 1.29 is 4.79 Å². The van der Waals surface area contributed by atoms with Gasteiger partial charge >= 0.3 is 0 Å². The third kappa shape index (κ3) is 4.15. The standard InChI is InChI=1S/C15H24N2O/c1-3-5-11-17(4-2)15(18)14-8-6-7-13(12-14)9-10-16/h6-8,12H,3-5,9-11,16H2,1-2H3. The van der Waals surface area contributed by atoms with Crippen molar-refractivity contribution in [2.24, 2.45) is 5.73 Å². The molecule has 0 aromatic heterocycles. The first-order chi connectivity index (χ1) is 8.72. The van der Waals surface area contributed by atoms with E-state index in [0.29, 0.717) is 6.54 Å². The van der Waals surface area contributed by atoms with Gasteiger partial charge in [0.15, 0.2) is 0 Å². The molecule has 1 rings (SSSR count). The van der Waals surface area contributed by atoms with E-state index in [9.17, 15) is 4.79 Å². The van der Waals surface area contributed by atoms with Crippen LogP contribution in [0.4, 0.5) is 0 Å². The predicted molar refractivity (Wildman–Crippen MR) is 75.7 cm³/mol. The van der Waals surface area contributed by atoms with E-state index in [0.717, 1.165) is 43.5 Å². The lowest BCUT2D eigenvalue weighted by atomic mass is 10.1. The minimum absolute atomic E-state index is 0.129. The predicted octanol–water partition coefficient (Wildman–Crippen LogP) is 2.45. The Hall–Kier alpha value is -1.35. The van der Waals surface area contributed by atoms with Crippen molar-refractivity contribution in [3.05, 3.63) is 35.4 Å². The van der Waals surface area contributed by atoms with Crippen LogP contribution in [0.25, 0.3) is 0 Å². The number of amides is 1. The third-order valence-electron chi connectivity index (χ3n) is 3.06. The number of nitrogens with two attached hydrogens (primary N) is 1. The highest BCUT2D eigenvalue weighted by Gasteiger charge is 2.13. The molecule has 0 atom stereocenters. The Morgan fingerprint density at radius 2 is 2.11 bits per heavy atom. The van der Waals surface area contributed by atoms with Crippen LogP contribution in [-0.4, -0.2) is 30.4 Å². The van der Waals surface area contributed by atoms with Crippen LogP contribution in [0.3, 0.4) is 0 Å². The second-order valence-corrected chi connectivity index (χ2v) is 4.48. The van der Waals surface area contributed by atoms with E-state index in [2.05, 4.69) is 6.92 Å². The molecule has 0 aliphatic carbocycles. The molecule has 0 spiro atoms. The monoisotopic (exact) mass is 248 g/mol. The molecule has 18 heavy (non-hydrogen) atoms. The maximum Gasteiger partial charge on any atom is 0.253 e. The van der Waals surface area contributed by atoms with Gasteiger partial charge in [-0.25, -0.2) is 0 Å². The molecule has 3 heteroatoms. The first-order valence-corrected chi connectivity index (χ1v) is 6.81. The van der Waals surface area contributed by atoms with Gasteiger partial charge in [-0.05, 0) is 44.0 Å². The van der Waals surface area contributed by atoms with Gasteiger partial charge in [0.1, 0.15) is 0 Å². The summed E-state index contributed by atoms with van der Waals surface area (Å²) in [6.45, 7) is 6.38. The van der Waals surface area contributed by atoms with E-state index in [4.69, 9.17) is 5.73 Å². The summed E-state index contributed by atoms with van der Waals surface area (Å²) in [7, 11) is 0. The fourth-order valence-electron chi connectivity index (χ4n) is 1.96. The van der Waals surface area contributed by atoms with Gasteiger partial charge < -0.3 is 10.6 Å². The van der Waals surface area contributed by atoms with Crippen molar-refractivity contribution in [2.45, 2.75) is 33.1 Å². The Bertz CT molecular complexity index is 377. The van der Waals surface area contributed by atoms with Crippen molar-refractivity contribution >= 4 is 5.91 Å². The number of benzene rings is 1. The fourth-order valence-corrected chi connectivity index (χ4v) is 1.96. The quantitative estimate of drug-likeness (QED) is 0.805. The van der Waals surface area contributed by atoms with E-state index in [1.807, 2.05) is 36.1 Å². The molecule has 100 valence electrons. The Kier molecular flexibility index (Phi) is 6.44. The molecule has 0 heterocycles. The maximum absolute atomic E-state index is 12.3. The van der Waals surface area contributed by atoms with E-state index >= 15 is 0 Å². The molecule has 1 amide bonds. The lowest BCUT2D eigenvalue weighted by molar-refractivity contribution is 0.0762. The average Bonchev–Trinajstić information content (AvgIpc) is 2.40. The van der Waals surface area contributed by atoms with Crippen LogP contribution in [0.1, 0.15) is 42.6 Å². The summed E-state index contributed by atoms with van der Waals surface area (Å²) in [4.78, 5) is 14.2. The molecule has 0 fully saturated rings. The van der Waals surface area contributed by atoms with Gasteiger partial charge in [0.2, 0.25) is 0 Å². The van der Waals surface area contributed by atoms with Crippen LogP contribution in [0, 0.1) is 0 Å². The Balaban J connectivity index is 2.77. The molecule has 1 aromatic rings. The smallest absolute Gasteiger partial charge is 0.253 e. The minimum atomic E-state index is 0.129. The van der Waals surface area contributed by atoms with Gasteiger partial charge in [-0.15, -0.1) is 0 Å². The van der Waals surface area contributed by atoms with Crippen LogP contribution in [0.2, 0.25) is 0 Å². The van der Waals surface area contributed by atoms with Gasteiger partial charge in [-0.1, -0.05) is 25.5 Å². The number of unbranched alkanes of at least 4 members (excludes halogenated alkanes) is 1. The fraction of sp³-hybridized carbons (Fsp3) is 0.533. The van der Waals surface area contributed by atoms with Gasteiger partial charge in [-0.3, -0.25) is 4.79 Å². The number of hydrogen-bond acceptors (Lipinski definition) is 2. The van der Waals surface area contributed by atoms with Crippen LogP contribution >= 0.6 is 0 Å². The summed E-state index contributed by atoms with van der Waals surface area (Å²) in [6, 6.07) is 7.80. The van der Waals surface area contributed by atoms with Crippen LogP contribution < -0.4 is 5.73 Å². The first-order valence-electron chi connectivity index (χ1n) is 6.81. The van der Waals surface area contributed by atoms with Gasteiger partial charge in [-0.2, -0.15) is 0 Å². The Morgan fingerprint density at radius 3 is 2.72 bits per heavy atom. The second kappa shape index (κ2) is 7.88. The van der Waals surface area contributed by atoms with Crippen molar-refractivity contribution in [3.63, 3.8) is 0 Å². The highest BCUT2D eigenvalue weighted by molar-refractivity contribution is 5.94. The van der Waals surface area contributed by atoms with Crippen molar-refractivity contribution in [3.8, 4) is 0 Å². The molecule has 0 radical (unpaired) electrons. The Morgan fingerprint density at radius 1 is 1.33 bits per heavy atom. The van der Waals surface area contributed by atoms with E-state index in [1.54, 1.807) is 0 Å². The minimum Gasteiger partial charge on any atom is -0.339 e. The van der Waals surface area contributed by atoms with Crippen LogP contribution in [0.15, 0.2) is 24.3 Å². The zero-order chi connectivity index (χ0) is 13.4. The molecule has 2 N–H and O–H groups in total. The zero-order valence-corrected chi connectivity index (χ0v) is 11.5.